The predicted octanol–water partition coefficient (Wildman–Crippen LogP) is 4.09. The molecule has 0 radical (unpaired) electrons. The first kappa shape index (κ1) is 17.4. The number of aliphatic imine (C=N–C) groups is 1. The molecular weight excluding hydrogens is 246 g/mol. The van der Waals surface area contributed by atoms with E-state index < -0.39 is 0 Å². The third-order valence-electron chi connectivity index (χ3n) is 3.95. The molecule has 0 fully saturated rings. The van der Waals surface area contributed by atoms with Crippen molar-refractivity contribution in [1.29, 1.82) is 0 Å². The molecule has 3 heteroatoms. The normalized spacial score (nSPS) is 21.1. The van der Waals surface area contributed by atoms with Gasteiger partial charge in [-0.15, -0.1) is 0 Å². The van der Waals surface area contributed by atoms with Crippen LogP contribution in [0, 0.1) is 0 Å². The quantitative estimate of drug-likeness (QED) is 0.457. The lowest BCUT2D eigenvalue weighted by Gasteiger charge is -2.26. The number of hydrogen-bond donors (Lipinski definition) is 1. The lowest BCUT2D eigenvalue weighted by Crippen LogP contribution is -2.43. The Morgan fingerprint density at radius 1 is 1.20 bits per heavy atom. The molecule has 2 unspecified atom stereocenters. The van der Waals surface area contributed by atoms with E-state index in [0.717, 1.165) is 13.0 Å². The summed E-state index contributed by atoms with van der Waals surface area (Å²) in [4.78, 5) is 6.77. The van der Waals surface area contributed by atoms with Crippen LogP contribution >= 0.6 is 0 Å². The van der Waals surface area contributed by atoms with E-state index >= 15 is 0 Å². The van der Waals surface area contributed by atoms with Gasteiger partial charge in [0.2, 0.25) is 0 Å². The van der Waals surface area contributed by atoms with E-state index in [0.29, 0.717) is 6.17 Å². The molecule has 0 aromatic rings. The van der Waals surface area contributed by atoms with Gasteiger partial charge in [-0.25, -0.2) is 0 Å². The zero-order valence-corrected chi connectivity index (χ0v) is 13.4. The molecule has 0 aromatic carbocycles. The van der Waals surface area contributed by atoms with Crippen molar-refractivity contribution in [3.8, 4) is 0 Å². The van der Waals surface area contributed by atoms with Crippen molar-refractivity contribution in [3.63, 3.8) is 0 Å². The molecule has 0 saturated heterocycles. The number of hydrogen-bond acceptors (Lipinski definition) is 3. The lowest BCUT2D eigenvalue weighted by atomic mass is 10.1. The number of rotatable bonds is 11. The standard InChI is InChI=1S/C17H33N3/c1-3-4-5-6-7-8-9-10-11-12-13-17-19-14-15-20(17)16(2)18/h9-10,14,16-17H,3-8,11-13,15,18H2,1-2H3/b10-9+. The third kappa shape index (κ3) is 7.20. The molecule has 20 heavy (non-hydrogen) atoms. The number of nitrogens with two attached hydrogens (primary N) is 1. The highest BCUT2D eigenvalue weighted by Crippen LogP contribution is 2.15. The number of allylic oxidation sites excluding steroid dienone is 2. The summed E-state index contributed by atoms with van der Waals surface area (Å²) in [5.74, 6) is 0. The van der Waals surface area contributed by atoms with Crippen molar-refractivity contribution in [3.05, 3.63) is 12.2 Å². The van der Waals surface area contributed by atoms with Crippen LogP contribution in [0.2, 0.25) is 0 Å². The van der Waals surface area contributed by atoms with Gasteiger partial charge >= 0.3 is 0 Å². The van der Waals surface area contributed by atoms with E-state index in [1.165, 1.54) is 51.4 Å². The lowest BCUT2D eigenvalue weighted by molar-refractivity contribution is 0.183. The first-order valence-corrected chi connectivity index (χ1v) is 8.43. The van der Waals surface area contributed by atoms with Crippen molar-refractivity contribution in [2.24, 2.45) is 10.7 Å². The predicted molar refractivity (Wildman–Crippen MR) is 89.0 cm³/mol. The second kappa shape index (κ2) is 11.0. The minimum Gasteiger partial charge on any atom is -0.316 e. The van der Waals surface area contributed by atoms with E-state index in [1.54, 1.807) is 0 Å². The molecule has 0 bridgehead atoms. The van der Waals surface area contributed by atoms with E-state index in [4.69, 9.17) is 5.73 Å². The summed E-state index contributed by atoms with van der Waals surface area (Å²) >= 11 is 0. The second-order valence-electron chi connectivity index (χ2n) is 5.85. The van der Waals surface area contributed by atoms with Crippen LogP contribution in [0.25, 0.3) is 0 Å². The summed E-state index contributed by atoms with van der Waals surface area (Å²) < 4.78 is 0. The van der Waals surface area contributed by atoms with Crippen LogP contribution in [-0.2, 0) is 0 Å². The molecule has 2 N–H and O–H groups in total. The van der Waals surface area contributed by atoms with Gasteiger partial charge in [-0.3, -0.25) is 9.89 Å². The largest absolute Gasteiger partial charge is 0.316 e. The molecule has 0 aliphatic carbocycles. The van der Waals surface area contributed by atoms with Crippen molar-refractivity contribution in [2.75, 3.05) is 6.54 Å². The Hall–Kier alpha value is -0.670. The van der Waals surface area contributed by atoms with E-state index in [2.05, 4.69) is 29.0 Å². The van der Waals surface area contributed by atoms with Gasteiger partial charge < -0.3 is 5.73 Å². The molecule has 0 amide bonds. The molecule has 1 aliphatic heterocycles. The maximum Gasteiger partial charge on any atom is 0.103 e. The van der Waals surface area contributed by atoms with Crippen LogP contribution in [0.15, 0.2) is 17.1 Å². The van der Waals surface area contributed by atoms with Crippen LogP contribution in [-0.4, -0.2) is 30.0 Å². The molecule has 2 atom stereocenters. The van der Waals surface area contributed by atoms with E-state index in [9.17, 15) is 0 Å². The summed E-state index contributed by atoms with van der Waals surface area (Å²) in [5, 5.41) is 0. The third-order valence-corrected chi connectivity index (χ3v) is 3.95. The highest BCUT2D eigenvalue weighted by Gasteiger charge is 2.22. The van der Waals surface area contributed by atoms with Crippen molar-refractivity contribution >= 4 is 6.21 Å². The number of nitrogens with zero attached hydrogens (tertiary/aromatic N) is 2. The fourth-order valence-corrected chi connectivity index (χ4v) is 2.67. The van der Waals surface area contributed by atoms with Gasteiger partial charge in [-0.2, -0.15) is 0 Å². The summed E-state index contributed by atoms with van der Waals surface area (Å²) in [6.07, 6.45) is 18.7. The molecule has 116 valence electrons. The van der Waals surface area contributed by atoms with Crippen LogP contribution in [0.3, 0.4) is 0 Å². The Kier molecular flexibility index (Phi) is 9.60. The monoisotopic (exact) mass is 279 g/mol. The van der Waals surface area contributed by atoms with Crippen molar-refractivity contribution in [1.82, 2.24) is 4.90 Å². The van der Waals surface area contributed by atoms with E-state index in [-0.39, 0.29) is 6.17 Å². The Bertz CT molecular complexity index is 284. The Morgan fingerprint density at radius 3 is 2.60 bits per heavy atom. The fourth-order valence-electron chi connectivity index (χ4n) is 2.67. The fraction of sp³-hybridized carbons (Fsp3) is 0.824. The van der Waals surface area contributed by atoms with Crippen LogP contribution in [0.4, 0.5) is 0 Å². The van der Waals surface area contributed by atoms with Gasteiger partial charge in [0.25, 0.3) is 0 Å². The van der Waals surface area contributed by atoms with Gasteiger partial charge in [0.1, 0.15) is 6.17 Å². The van der Waals surface area contributed by atoms with Gasteiger partial charge in [-0.05, 0) is 39.0 Å². The zero-order chi connectivity index (χ0) is 14.6. The average molecular weight is 279 g/mol. The van der Waals surface area contributed by atoms with Gasteiger partial charge in [0.05, 0.1) is 6.17 Å². The molecule has 1 rings (SSSR count). The van der Waals surface area contributed by atoms with Crippen LogP contribution < -0.4 is 5.73 Å². The van der Waals surface area contributed by atoms with Crippen LogP contribution in [0.1, 0.15) is 71.6 Å². The van der Waals surface area contributed by atoms with Crippen molar-refractivity contribution in [2.45, 2.75) is 84.0 Å². The molecule has 0 saturated carbocycles. The smallest absolute Gasteiger partial charge is 0.103 e. The molecular formula is C17H33N3. The number of unbranched alkanes of at least 4 members (excludes halogenated alkanes) is 6. The summed E-state index contributed by atoms with van der Waals surface area (Å²) in [6, 6.07) is 0. The highest BCUT2D eigenvalue weighted by atomic mass is 15.3. The van der Waals surface area contributed by atoms with Gasteiger partial charge in [0.15, 0.2) is 0 Å². The molecule has 1 heterocycles. The summed E-state index contributed by atoms with van der Waals surface area (Å²) in [7, 11) is 0. The summed E-state index contributed by atoms with van der Waals surface area (Å²) in [5.41, 5.74) is 5.94. The molecule has 1 aliphatic rings. The first-order chi connectivity index (χ1) is 9.75. The second-order valence-corrected chi connectivity index (χ2v) is 5.85. The molecule has 0 aromatic heterocycles. The molecule has 0 spiro atoms. The average Bonchev–Trinajstić information content (AvgIpc) is 2.89. The molecule has 3 nitrogen and oxygen atoms in total. The van der Waals surface area contributed by atoms with Crippen LogP contribution in [0.5, 0.6) is 0 Å². The summed E-state index contributed by atoms with van der Waals surface area (Å²) in [6.45, 7) is 5.22. The SMILES string of the molecule is CCCCCCC/C=C/CCCC1N=CCN1C(C)N. The van der Waals surface area contributed by atoms with E-state index in [1.807, 2.05) is 13.1 Å². The van der Waals surface area contributed by atoms with Crippen molar-refractivity contribution < 1.29 is 0 Å². The topological polar surface area (TPSA) is 41.6 Å². The Balaban J connectivity index is 1.97. The highest BCUT2D eigenvalue weighted by molar-refractivity contribution is 5.62. The first-order valence-electron chi connectivity index (χ1n) is 8.43. The van der Waals surface area contributed by atoms with Gasteiger partial charge in [-0.1, -0.05) is 44.8 Å². The zero-order valence-electron chi connectivity index (χ0n) is 13.4. The Labute approximate surface area is 125 Å². The van der Waals surface area contributed by atoms with Gasteiger partial charge in [0, 0.05) is 12.8 Å². The maximum atomic E-state index is 5.94. The minimum atomic E-state index is 0.112. The Morgan fingerprint density at radius 2 is 1.90 bits per heavy atom. The minimum absolute atomic E-state index is 0.112. The maximum absolute atomic E-state index is 5.94.